The summed E-state index contributed by atoms with van der Waals surface area (Å²) in [5.74, 6) is -0.0305. The molecule has 0 fully saturated rings. The molecule has 94 valence electrons. The van der Waals surface area contributed by atoms with Crippen molar-refractivity contribution >= 4 is 27.5 Å². The third-order valence-electron chi connectivity index (χ3n) is 3.65. The number of fused-ring (bicyclic) bond motifs is 2. The Bertz CT molecular complexity index is 541. The molecule has 0 saturated heterocycles. The fourth-order valence-electron chi connectivity index (χ4n) is 2.73. The van der Waals surface area contributed by atoms with Gasteiger partial charge in [0.05, 0.1) is 6.61 Å². The lowest BCUT2D eigenvalue weighted by Crippen LogP contribution is -2.42. The van der Waals surface area contributed by atoms with E-state index < -0.39 is 5.60 Å². The van der Waals surface area contributed by atoms with E-state index in [2.05, 4.69) is 33.4 Å². The van der Waals surface area contributed by atoms with E-state index in [0.29, 0.717) is 6.61 Å². The zero-order valence-electron chi connectivity index (χ0n) is 10.1. The molecular formula is C14H14BrNO2. The Kier molecular flexibility index (Phi) is 2.79. The second-order valence-corrected chi connectivity index (χ2v) is 5.65. The Labute approximate surface area is 114 Å². The van der Waals surface area contributed by atoms with Gasteiger partial charge in [-0.25, -0.2) is 0 Å². The number of hydrogen-bond donors (Lipinski definition) is 1. The highest BCUT2D eigenvalue weighted by molar-refractivity contribution is 9.10. The van der Waals surface area contributed by atoms with Crippen molar-refractivity contribution < 1.29 is 9.53 Å². The minimum atomic E-state index is -0.858. The van der Waals surface area contributed by atoms with E-state index in [-0.39, 0.29) is 11.8 Å². The SMILES string of the molecule is C[C@@H]1C=CCCO[C@]12C(=O)Nc1cc(Br)ccc12. The van der Waals surface area contributed by atoms with Gasteiger partial charge in [-0.15, -0.1) is 0 Å². The molecule has 2 aliphatic rings. The van der Waals surface area contributed by atoms with Crippen molar-refractivity contribution in [2.24, 2.45) is 5.92 Å². The van der Waals surface area contributed by atoms with Crippen molar-refractivity contribution in [3.8, 4) is 0 Å². The predicted molar refractivity (Wildman–Crippen MR) is 73.3 cm³/mol. The average molecular weight is 308 g/mol. The maximum atomic E-state index is 12.4. The normalized spacial score (nSPS) is 30.1. The summed E-state index contributed by atoms with van der Waals surface area (Å²) in [6.45, 7) is 2.60. The van der Waals surface area contributed by atoms with E-state index in [1.54, 1.807) is 0 Å². The molecule has 4 heteroatoms. The molecule has 0 bridgehead atoms. The van der Waals surface area contributed by atoms with Gasteiger partial charge in [-0.1, -0.05) is 41.1 Å². The predicted octanol–water partition coefficient (Wildman–Crippen LogP) is 3.21. The summed E-state index contributed by atoms with van der Waals surface area (Å²) in [5, 5.41) is 2.93. The standard InChI is InChI=1S/C14H14BrNO2/c1-9-4-2-3-7-18-14(9)11-6-5-10(15)8-12(11)16-13(14)17/h2,4-6,8-9H,3,7H2,1H3,(H,16,17)/t9-,14-/m1/s1. The van der Waals surface area contributed by atoms with Crippen LogP contribution in [0.2, 0.25) is 0 Å². The van der Waals surface area contributed by atoms with Crippen molar-refractivity contribution in [3.05, 3.63) is 40.4 Å². The van der Waals surface area contributed by atoms with Gasteiger partial charge in [0.1, 0.15) is 0 Å². The number of carbonyl (C=O) groups excluding carboxylic acids is 1. The minimum Gasteiger partial charge on any atom is -0.359 e. The first kappa shape index (κ1) is 11.9. The summed E-state index contributed by atoms with van der Waals surface area (Å²) in [6, 6.07) is 5.84. The van der Waals surface area contributed by atoms with Gasteiger partial charge < -0.3 is 10.1 Å². The molecule has 0 saturated carbocycles. The molecule has 0 aliphatic carbocycles. The van der Waals surface area contributed by atoms with Crippen LogP contribution in [-0.2, 0) is 15.1 Å². The van der Waals surface area contributed by atoms with Gasteiger partial charge in [0.15, 0.2) is 5.60 Å². The highest BCUT2D eigenvalue weighted by Crippen LogP contribution is 2.46. The first-order chi connectivity index (χ1) is 8.64. The molecule has 1 N–H and O–H groups in total. The lowest BCUT2D eigenvalue weighted by Gasteiger charge is -2.30. The number of benzene rings is 1. The van der Waals surface area contributed by atoms with Crippen molar-refractivity contribution in [3.63, 3.8) is 0 Å². The van der Waals surface area contributed by atoms with Crippen LogP contribution in [0.3, 0.4) is 0 Å². The smallest absolute Gasteiger partial charge is 0.261 e. The molecule has 2 atom stereocenters. The first-order valence-corrected chi connectivity index (χ1v) is 6.86. The highest BCUT2D eigenvalue weighted by atomic mass is 79.9. The molecule has 1 spiro atoms. The average Bonchev–Trinajstić information content (AvgIpc) is 2.48. The van der Waals surface area contributed by atoms with Gasteiger partial charge in [0, 0.05) is 21.6 Å². The number of ether oxygens (including phenoxy) is 1. The Hall–Kier alpha value is -1.13. The number of nitrogens with one attached hydrogen (secondary N) is 1. The van der Waals surface area contributed by atoms with E-state index in [1.807, 2.05) is 25.1 Å². The van der Waals surface area contributed by atoms with Gasteiger partial charge in [-0.3, -0.25) is 4.79 Å². The van der Waals surface area contributed by atoms with Crippen molar-refractivity contribution in [2.45, 2.75) is 18.9 Å². The van der Waals surface area contributed by atoms with Gasteiger partial charge in [0.25, 0.3) is 5.91 Å². The molecule has 3 rings (SSSR count). The Morgan fingerprint density at radius 1 is 1.50 bits per heavy atom. The fourth-order valence-corrected chi connectivity index (χ4v) is 3.09. The molecule has 1 aromatic rings. The summed E-state index contributed by atoms with van der Waals surface area (Å²) in [4.78, 5) is 12.4. The van der Waals surface area contributed by atoms with Crippen LogP contribution in [0.4, 0.5) is 5.69 Å². The van der Waals surface area contributed by atoms with E-state index >= 15 is 0 Å². The first-order valence-electron chi connectivity index (χ1n) is 6.06. The van der Waals surface area contributed by atoms with Crippen molar-refractivity contribution in [1.82, 2.24) is 0 Å². The lowest BCUT2D eigenvalue weighted by atomic mass is 9.83. The number of halogens is 1. The summed E-state index contributed by atoms with van der Waals surface area (Å²) in [6.07, 6.45) is 5.01. The number of rotatable bonds is 0. The Balaban J connectivity index is 2.17. The van der Waals surface area contributed by atoms with Crippen LogP contribution < -0.4 is 5.32 Å². The Morgan fingerprint density at radius 3 is 3.17 bits per heavy atom. The monoisotopic (exact) mass is 307 g/mol. The van der Waals surface area contributed by atoms with E-state index in [4.69, 9.17) is 4.74 Å². The van der Waals surface area contributed by atoms with Crippen LogP contribution >= 0.6 is 15.9 Å². The largest absolute Gasteiger partial charge is 0.359 e. The number of anilines is 1. The zero-order chi connectivity index (χ0) is 12.8. The molecule has 0 unspecified atom stereocenters. The third-order valence-corrected chi connectivity index (χ3v) is 4.14. The third kappa shape index (κ3) is 1.56. The quantitative estimate of drug-likeness (QED) is 0.747. The topological polar surface area (TPSA) is 38.3 Å². The molecule has 0 radical (unpaired) electrons. The van der Waals surface area contributed by atoms with E-state index in [9.17, 15) is 4.79 Å². The van der Waals surface area contributed by atoms with Gasteiger partial charge in [-0.2, -0.15) is 0 Å². The van der Waals surface area contributed by atoms with Gasteiger partial charge in [-0.05, 0) is 18.6 Å². The van der Waals surface area contributed by atoms with Crippen LogP contribution in [0.25, 0.3) is 0 Å². The highest BCUT2D eigenvalue weighted by Gasteiger charge is 2.51. The second kappa shape index (κ2) is 4.21. The van der Waals surface area contributed by atoms with Crippen molar-refractivity contribution in [2.75, 3.05) is 11.9 Å². The molecule has 0 aromatic heterocycles. The summed E-state index contributed by atoms with van der Waals surface area (Å²) in [5.41, 5.74) is 0.925. The Morgan fingerprint density at radius 2 is 2.33 bits per heavy atom. The molecule has 2 heterocycles. The summed E-state index contributed by atoms with van der Waals surface area (Å²) >= 11 is 3.42. The number of amides is 1. The summed E-state index contributed by atoms with van der Waals surface area (Å²) in [7, 11) is 0. The molecule has 2 aliphatic heterocycles. The van der Waals surface area contributed by atoms with Crippen molar-refractivity contribution in [1.29, 1.82) is 0 Å². The number of carbonyl (C=O) groups is 1. The van der Waals surface area contributed by atoms with Crippen LogP contribution in [0, 0.1) is 5.92 Å². The molecular weight excluding hydrogens is 294 g/mol. The maximum Gasteiger partial charge on any atom is 0.261 e. The molecule has 3 nitrogen and oxygen atoms in total. The summed E-state index contributed by atoms with van der Waals surface area (Å²) < 4.78 is 6.91. The second-order valence-electron chi connectivity index (χ2n) is 4.73. The van der Waals surface area contributed by atoms with Gasteiger partial charge in [0.2, 0.25) is 0 Å². The molecule has 1 aromatic carbocycles. The van der Waals surface area contributed by atoms with Crippen LogP contribution in [-0.4, -0.2) is 12.5 Å². The zero-order valence-corrected chi connectivity index (χ0v) is 11.7. The fraction of sp³-hybridized carbons (Fsp3) is 0.357. The molecule has 1 amide bonds. The van der Waals surface area contributed by atoms with E-state index in [1.165, 1.54) is 0 Å². The van der Waals surface area contributed by atoms with E-state index in [0.717, 1.165) is 22.1 Å². The number of hydrogen-bond acceptors (Lipinski definition) is 2. The lowest BCUT2D eigenvalue weighted by molar-refractivity contribution is -0.145. The van der Waals surface area contributed by atoms with Crippen LogP contribution in [0.5, 0.6) is 0 Å². The minimum absolute atomic E-state index is 0.0300. The van der Waals surface area contributed by atoms with Crippen LogP contribution in [0.1, 0.15) is 18.9 Å². The van der Waals surface area contributed by atoms with Crippen LogP contribution in [0.15, 0.2) is 34.8 Å². The maximum absolute atomic E-state index is 12.4. The molecule has 18 heavy (non-hydrogen) atoms. The van der Waals surface area contributed by atoms with Gasteiger partial charge >= 0.3 is 0 Å².